The van der Waals surface area contributed by atoms with Crippen molar-refractivity contribution < 1.29 is 23.1 Å². The van der Waals surface area contributed by atoms with Crippen molar-refractivity contribution in [2.45, 2.75) is 41.9 Å². The van der Waals surface area contributed by atoms with E-state index in [0.29, 0.717) is 12.0 Å². The number of anilines is 1. The number of benzene rings is 1. The molecule has 0 radical (unpaired) electrons. The van der Waals surface area contributed by atoms with Crippen molar-refractivity contribution in [1.82, 2.24) is 0 Å². The predicted octanol–water partition coefficient (Wildman–Crippen LogP) is 1.95. The average molecular weight is 396 g/mol. The summed E-state index contributed by atoms with van der Waals surface area (Å²) in [7, 11) is -3.89. The Bertz CT molecular complexity index is 956. The maximum atomic E-state index is 13.0. The molecule has 1 heterocycles. The summed E-state index contributed by atoms with van der Waals surface area (Å²) < 4.78 is 25.8. The number of hydrogen-bond acceptors (Lipinski definition) is 6. The van der Waals surface area contributed by atoms with Crippen LogP contribution in [0.2, 0.25) is 0 Å². The first kappa shape index (κ1) is 20.1. The molecule has 0 bridgehead atoms. The SMILES string of the molecule is CCc1ccccc1S(=O)(=O)c1cc(C(N)=O)c(NC(=O)C(C)(C)O)s1. The monoisotopic (exact) mass is 396 g/mol. The topological polar surface area (TPSA) is 127 Å². The van der Waals surface area contributed by atoms with Gasteiger partial charge in [0.15, 0.2) is 0 Å². The molecule has 4 N–H and O–H groups in total. The van der Waals surface area contributed by atoms with E-state index < -0.39 is 27.3 Å². The predicted molar refractivity (Wildman–Crippen MR) is 99.0 cm³/mol. The Morgan fingerprint density at radius 1 is 1.27 bits per heavy atom. The largest absolute Gasteiger partial charge is 0.381 e. The van der Waals surface area contributed by atoms with Gasteiger partial charge in [0, 0.05) is 0 Å². The number of aryl methyl sites for hydroxylation is 1. The molecule has 0 spiro atoms. The second kappa shape index (κ2) is 7.18. The van der Waals surface area contributed by atoms with Crippen LogP contribution < -0.4 is 11.1 Å². The molecule has 0 aliphatic heterocycles. The van der Waals surface area contributed by atoms with E-state index in [2.05, 4.69) is 5.32 Å². The van der Waals surface area contributed by atoms with Crippen LogP contribution in [0.4, 0.5) is 5.00 Å². The normalized spacial score (nSPS) is 12.0. The highest BCUT2D eigenvalue weighted by atomic mass is 32.2. The van der Waals surface area contributed by atoms with Crippen LogP contribution in [0.15, 0.2) is 39.4 Å². The number of nitrogens with two attached hydrogens (primary N) is 1. The molecule has 1 aromatic heterocycles. The minimum absolute atomic E-state index is 0.0165. The fraction of sp³-hybridized carbons (Fsp3) is 0.294. The van der Waals surface area contributed by atoms with Crippen molar-refractivity contribution in [1.29, 1.82) is 0 Å². The number of amides is 2. The number of nitrogens with one attached hydrogen (secondary N) is 1. The molecule has 0 aliphatic carbocycles. The molecular weight excluding hydrogens is 376 g/mol. The van der Waals surface area contributed by atoms with Crippen LogP contribution in [0.1, 0.15) is 36.7 Å². The van der Waals surface area contributed by atoms with Gasteiger partial charge in [0.25, 0.3) is 11.8 Å². The van der Waals surface area contributed by atoms with Crippen molar-refractivity contribution in [3.8, 4) is 0 Å². The van der Waals surface area contributed by atoms with E-state index in [1.54, 1.807) is 18.2 Å². The van der Waals surface area contributed by atoms with E-state index in [4.69, 9.17) is 5.73 Å². The summed E-state index contributed by atoms with van der Waals surface area (Å²) in [5, 5.41) is 12.1. The van der Waals surface area contributed by atoms with Gasteiger partial charge < -0.3 is 16.2 Å². The molecule has 9 heteroatoms. The maximum absolute atomic E-state index is 13.0. The second-order valence-corrected chi connectivity index (χ2v) is 9.35. The van der Waals surface area contributed by atoms with Crippen molar-refractivity contribution in [2.75, 3.05) is 5.32 Å². The Hall–Kier alpha value is -2.23. The van der Waals surface area contributed by atoms with Crippen LogP contribution >= 0.6 is 11.3 Å². The van der Waals surface area contributed by atoms with Crippen LogP contribution in [0, 0.1) is 0 Å². The fourth-order valence-corrected chi connectivity index (χ4v) is 5.25. The molecule has 0 fully saturated rings. The minimum Gasteiger partial charge on any atom is -0.381 e. The Kier molecular flexibility index (Phi) is 5.55. The third-order valence-corrected chi connectivity index (χ3v) is 7.04. The van der Waals surface area contributed by atoms with Gasteiger partial charge in [-0.15, -0.1) is 11.3 Å². The lowest BCUT2D eigenvalue weighted by Crippen LogP contribution is -2.36. The third-order valence-electron chi connectivity index (χ3n) is 3.67. The van der Waals surface area contributed by atoms with Crippen molar-refractivity contribution in [3.63, 3.8) is 0 Å². The summed E-state index contributed by atoms with van der Waals surface area (Å²) in [5.41, 5.74) is 4.13. The van der Waals surface area contributed by atoms with E-state index in [9.17, 15) is 23.1 Å². The van der Waals surface area contributed by atoms with E-state index >= 15 is 0 Å². The average Bonchev–Trinajstić information content (AvgIpc) is 2.98. The van der Waals surface area contributed by atoms with Gasteiger partial charge in [0.05, 0.1) is 10.5 Å². The Morgan fingerprint density at radius 3 is 2.42 bits per heavy atom. The van der Waals surface area contributed by atoms with Gasteiger partial charge in [-0.3, -0.25) is 9.59 Å². The Labute approximate surface area is 155 Å². The maximum Gasteiger partial charge on any atom is 0.256 e. The van der Waals surface area contributed by atoms with Crippen molar-refractivity contribution in [2.24, 2.45) is 5.73 Å². The molecule has 26 heavy (non-hydrogen) atoms. The lowest BCUT2D eigenvalue weighted by Gasteiger charge is -2.16. The van der Waals surface area contributed by atoms with E-state index in [-0.39, 0.29) is 19.7 Å². The van der Waals surface area contributed by atoms with Gasteiger partial charge in [0.2, 0.25) is 9.84 Å². The summed E-state index contributed by atoms with van der Waals surface area (Å²) in [6.07, 6.45) is 0.520. The molecule has 1 aromatic carbocycles. The van der Waals surface area contributed by atoms with Gasteiger partial charge in [0.1, 0.15) is 14.8 Å². The molecule has 2 rings (SSSR count). The second-order valence-electron chi connectivity index (χ2n) is 6.15. The number of carbonyl (C=O) groups is 2. The Balaban J connectivity index is 2.56. The first-order valence-electron chi connectivity index (χ1n) is 7.79. The lowest BCUT2D eigenvalue weighted by molar-refractivity contribution is -0.130. The standard InChI is InChI=1S/C17H20N2O5S2/c1-4-10-7-5-6-8-12(10)26(23,24)13-9-11(14(18)20)15(25-13)19-16(21)17(2,3)22/h5-9,22H,4H2,1-3H3,(H2,18,20)(H,19,21). The molecule has 2 aromatic rings. The fourth-order valence-electron chi connectivity index (χ4n) is 2.20. The molecule has 2 amide bonds. The first-order chi connectivity index (χ1) is 12.0. The number of carbonyl (C=O) groups excluding carboxylic acids is 2. The molecule has 0 saturated heterocycles. The summed E-state index contributed by atoms with van der Waals surface area (Å²) in [6, 6.07) is 7.72. The van der Waals surface area contributed by atoms with Crippen molar-refractivity contribution in [3.05, 3.63) is 41.5 Å². The number of hydrogen-bond donors (Lipinski definition) is 3. The number of rotatable bonds is 6. The number of thiophene rings is 1. The molecule has 7 nitrogen and oxygen atoms in total. The van der Waals surface area contributed by atoms with Gasteiger partial charge in [-0.1, -0.05) is 25.1 Å². The van der Waals surface area contributed by atoms with Gasteiger partial charge in [-0.25, -0.2) is 8.42 Å². The first-order valence-corrected chi connectivity index (χ1v) is 10.1. The lowest BCUT2D eigenvalue weighted by atomic mass is 10.1. The van der Waals surface area contributed by atoms with Crippen LogP contribution in [0.3, 0.4) is 0 Å². The minimum atomic E-state index is -3.89. The van der Waals surface area contributed by atoms with Crippen LogP contribution in [0.5, 0.6) is 0 Å². The Morgan fingerprint density at radius 2 is 1.88 bits per heavy atom. The molecule has 0 unspecified atom stereocenters. The highest BCUT2D eigenvalue weighted by molar-refractivity contribution is 7.93. The summed E-state index contributed by atoms with van der Waals surface area (Å²) >= 11 is 0.721. The van der Waals surface area contributed by atoms with E-state index in [1.165, 1.54) is 19.9 Å². The highest BCUT2D eigenvalue weighted by Crippen LogP contribution is 2.36. The molecular formula is C17H20N2O5S2. The molecule has 0 saturated carbocycles. The van der Waals surface area contributed by atoms with Crippen molar-refractivity contribution >= 4 is 38.0 Å². The van der Waals surface area contributed by atoms with Gasteiger partial charge >= 0.3 is 0 Å². The van der Waals surface area contributed by atoms with E-state index in [0.717, 1.165) is 17.4 Å². The summed E-state index contributed by atoms with van der Waals surface area (Å²) in [6.45, 7) is 4.39. The number of primary amides is 1. The van der Waals surface area contributed by atoms with Gasteiger partial charge in [-0.05, 0) is 38.0 Å². The number of sulfone groups is 1. The third kappa shape index (κ3) is 3.95. The summed E-state index contributed by atoms with van der Waals surface area (Å²) in [4.78, 5) is 23.8. The smallest absolute Gasteiger partial charge is 0.256 e. The zero-order valence-electron chi connectivity index (χ0n) is 14.6. The number of aliphatic hydroxyl groups is 1. The zero-order chi connectivity index (χ0) is 19.7. The van der Waals surface area contributed by atoms with Crippen LogP contribution in [-0.2, 0) is 21.1 Å². The molecule has 0 aliphatic rings. The van der Waals surface area contributed by atoms with Gasteiger partial charge in [-0.2, -0.15) is 0 Å². The highest BCUT2D eigenvalue weighted by Gasteiger charge is 2.29. The van der Waals surface area contributed by atoms with E-state index in [1.807, 2.05) is 6.92 Å². The molecule has 140 valence electrons. The van der Waals surface area contributed by atoms with Crippen LogP contribution in [-0.4, -0.2) is 30.9 Å². The molecule has 0 atom stereocenters. The summed E-state index contributed by atoms with van der Waals surface area (Å²) in [5.74, 6) is -1.66. The van der Waals surface area contributed by atoms with Crippen LogP contribution in [0.25, 0.3) is 0 Å². The quantitative estimate of drug-likeness (QED) is 0.688. The zero-order valence-corrected chi connectivity index (χ0v) is 16.2.